The van der Waals surface area contributed by atoms with Crippen molar-refractivity contribution in [3.8, 4) is 11.3 Å². The Morgan fingerprint density at radius 3 is 2.85 bits per heavy atom. The van der Waals surface area contributed by atoms with Crippen LogP contribution < -0.4 is 0 Å². The Morgan fingerprint density at radius 2 is 2.19 bits per heavy atom. The highest BCUT2D eigenvalue weighted by atomic mass is 32.1. The minimum absolute atomic E-state index is 0.0404. The average Bonchev–Trinajstić information content (AvgIpc) is 3.42. The molecule has 0 N–H and O–H groups in total. The number of carbonyl (C=O) groups excluding carboxylic acids is 1. The number of carbonyl (C=O) groups is 1. The van der Waals surface area contributed by atoms with Crippen LogP contribution in [-0.4, -0.2) is 43.5 Å². The van der Waals surface area contributed by atoms with Gasteiger partial charge in [-0.15, -0.1) is 11.3 Å². The largest absolute Gasteiger partial charge is 0.361 e. The van der Waals surface area contributed by atoms with Crippen LogP contribution in [-0.2, 0) is 6.42 Å². The third-order valence-corrected chi connectivity index (χ3v) is 5.60. The predicted octanol–water partition coefficient (Wildman–Crippen LogP) is 3.44. The van der Waals surface area contributed by atoms with Gasteiger partial charge in [-0.2, -0.15) is 0 Å². The molecule has 0 aromatic carbocycles. The summed E-state index contributed by atoms with van der Waals surface area (Å²) in [5.74, 6) is 0.787. The molecule has 140 valence electrons. The second-order valence-corrected chi connectivity index (χ2v) is 7.52. The number of aromatic nitrogens is 4. The molecule has 1 atom stereocenters. The van der Waals surface area contributed by atoms with E-state index in [4.69, 9.17) is 4.52 Å². The third-order valence-electron chi connectivity index (χ3n) is 5.02. The van der Waals surface area contributed by atoms with E-state index in [2.05, 4.69) is 20.1 Å². The molecule has 1 aliphatic rings. The molecule has 3 aromatic rings. The highest BCUT2D eigenvalue weighted by molar-refractivity contribution is 7.07. The van der Waals surface area contributed by atoms with E-state index in [1.807, 2.05) is 30.3 Å². The highest BCUT2D eigenvalue weighted by Crippen LogP contribution is 2.26. The van der Waals surface area contributed by atoms with Crippen molar-refractivity contribution in [2.75, 3.05) is 6.54 Å². The lowest BCUT2D eigenvalue weighted by molar-refractivity contribution is 0.0725. The average molecular weight is 383 g/mol. The van der Waals surface area contributed by atoms with Crippen LogP contribution in [0.2, 0.25) is 0 Å². The molecule has 27 heavy (non-hydrogen) atoms. The SMILES string of the molecule is Cc1noc(C)c1-c1cnc(CC[C@H]2CCCN2C(=O)c2cscn2)cn1. The van der Waals surface area contributed by atoms with Gasteiger partial charge in [0.1, 0.15) is 11.5 Å². The van der Waals surface area contributed by atoms with Crippen LogP contribution in [0.3, 0.4) is 0 Å². The third kappa shape index (κ3) is 3.62. The number of rotatable bonds is 5. The Kier molecular flexibility index (Phi) is 4.98. The van der Waals surface area contributed by atoms with Gasteiger partial charge in [0.05, 0.1) is 34.4 Å². The van der Waals surface area contributed by atoms with E-state index in [1.165, 1.54) is 11.3 Å². The molecule has 1 amide bonds. The van der Waals surface area contributed by atoms with Crippen LogP contribution in [0, 0.1) is 13.8 Å². The van der Waals surface area contributed by atoms with Crippen molar-refractivity contribution in [1.82, 2.24) is 25.0 Å². The van der Waals surface area contributed by atoms with Gasteiger partial charge in [-0.25, -0.2) is 4.98 Å². The normalized spacial score (nSPS) is 16.8. The van der Waals surface area contributed by atoms with E-state index >= 15 is 0 Å². The number of nitrogens with zero attached hydrogens (tertiary/aromatic N) is 5. The van der Waals surface area contributed by atoms with Gasteiger partial charge in [0.15, 0.2) is 0 Å². The standard InChI is InChI=1S/C19H21N5O2S/c1-12-18(13(2)26-23-12)16-9-20-14(8-21-16)5-6-15-4-3-7-24(15)19(25)17-10-27-11-22-17/h8-11,15H,3-7H2,1-2H3/t15-/m1/s1. The molecule has 4 heterocycles. The van der Waals surface area contributed by atoms with Crippen molar-refractivity contribution in [1.29, 1.82) is 0 Å². The molecule has 1 fully saturated rings. The zero-order chi connectivity index (χ0) is 18.8. The van der Waals surface area contributed by atoms with E-state index in [-0.39, 0.29) is 11.9 Å². The predicted molar refractivity (Wildman–Crippen MR) is 101 cm³/mol. The van der Waals surface area contributed by atoms with Crippen LogP contribution in [0.1, 0.15) is 46.9 Å². The number of hydrogen-bond acceptors (Lipinski definition) is 7. The summed E-state index contributed by atoms with van der Waals surface area (Å²) in [7, 11) is 0. The van der Waals surface area contributed by atoms with Crippen LogP contribution in [0.4, 0.5) is 0 Å². The quantitative estimate of drug-likeness (QED) is 0.671. The van der Waals surface area contributed by atoms with Crippen LogP contribution in [0.15, 0.2) is 27.8 Å². The first-order chi connectivity index (χ1) is 13.1. The maximum absolute atomic E-state index is 12.6. The van der Waals surface area contributed by atoms with E-state index in [9.17, 15) is 4.79 Å². The molecule has 4 rings (SSSR count). The number of aryl methyl sites for hydroxylation is 3. The summed E-state index contributed by atoms with van der Waals surface area (Å²) in [6, 6.07) is 0.239. The van der Waals surface area contributed by atoms with Crippen LogP contribution in [0.25, 0.3) is 11.3 Å². The lowest BCUT2D eigenvalue weighted by atomic mass is 10.1. The van der Waals surface area contributed by atoms with Gasteiger partial charge in [-0.05, 0) is 39.5 Å². The molecular weight excluding hydrogens is 362 g/mol. The summed E-state index contributed by atoms with van der Waals surface area (Å²) in [6.07, 6.45) is 7.32. The van der Waals surface area contributed by atoms with Crippen LogP contribution in [0.5, 0.6) is 0 Å². The van der Waals surface area contributed by atoms with Gasteiger partial charge in [0.2, 0.25) is 0 Å². The Bertz CT molecular complexity index is 901. The van der Waals surface area contributed by atoms with E-state index in [0.29, 0.717) is 5.69 Å². The molecule has 0 saturated carbocycles. The van der Waals surface area contributed by atoms with Gasteiger partial charge in [-0.1, -0.05) is 5.16 Å². The highest BCUT2D eigenvalue weighted by Gasteiger charge is 2.30. The Labute approximate surface area is 161 Å². The maximum Gasteiger partial charge on any atom is 0.273 e. The minimum atomic E-state index is 0.0404. The molecule has 0 bridgehead atoms. The second kappa shape index (κ2) is 7.56. The molecule has 0 unspecified atom stereocenters. The molecule has 1 saturated heterocycles. The van der Waals surface area contributed by atoms with Gasteiger partial charge in [0, 0.05) is 24.2 Å². The van der Waals surface area contributed by atoms with E-state index < -0.39 is 0 Å². The number of thiazole rings is 1. The molecule has 8 heteroatoms. The van der Waals surface area contributed by atoms with Crippen molar-refractivity contribution in [3.05, 3.63) is 46.1 Å². The van der Waals surface area contributed by atoms with Crippen LogP contribution >= 0.6 is 11.3 Å². The summed E-state index contributed by atoms with van der Waals surface area (Å²) in [4.78, 5) is 27.8. The summed E-state index contributed by atoms with van der Waals surface area (Å²) >= 11 is 1.45. The van der Waals surface area contributed by atoms with Gasteiger partial charge in [0.25, 0.3) is 5.91 Å². The lowest BCUT2D eigenvalue weighted by Crippen LogP contribution is -2.36. The molecule has 7 nitrogen and oxygen atoms in total. The fourth-order valence-electron chi connectivity index (χ4n) is 3.64. The molecule has 3 aromatic heterocycles. The number of amides is 1. The Morgan fingerprint density at radius 1 is 1.30 bits per heavy atom. The lowest BCUT2D eigenvalue weighted by Gasteiger charge is -2.23. The number of hydrogen-bond donors (Lipinski definition) is 0. The Hall–Kier alpha value is -2.61. The van der Waals surface area contributed by atoms with Gasteiger partial charge < -0.3 is 9.42 Å². The minimum Gasteiger partial charge on any atom is -0.361 e. The summed E-state index contributed by atoms with van der Waals surface area (Å²) in [5.41, 5.74) is 5.68. The molecule has 0 aliphatic carbocycles. The molecule has 1 aliphatic heterocycles. The zero-order valence-corrected chi connectivity index (χ0v) is 16.2. The maximum atomic E-state index is 12.6. The van der Waals surface area contributed by atoms with E-state index in [1.54, 1.807) is 11.7 Å². The fraction of sp³-hybridized carbons (Fsp3) is 0.421. The first-order valence-corrected chi connectivity index (χ1v) is 10.0. The van der Waals surface area contributed by atoms with Crippen molar-refractivity contribution >= 4 is 17.2 Å². The van der Waals surface area contributed by atoms with Crippen molar-refractivity contribution in [3.63, 3.8) is 0 Å². The van der Waals surface area contributed by atoms with E-state index in [0.717, 1.165) is 60.6 Å². The first kappa shape index (κ1) is 17.8. The Balaban J connectivity index is 1.40. The number of likely N-dealkylation sites (tertiary alicyclic amines) is 1. The van der Waals surface area contributed by atoms with Crippen molar-refractivity contribution < 1.29 is 9.32 Å². The summed E-state index contributed by atoms with van der Waals surface area (Å²) in [6.45, 7) is 4.58. The van der Waals surface area contributed by atoms with Gasteiger partial charge in [-0.3, -0.25) is 14.8 Å². The molecule has 0 spiro atoms. The van der Waals surface area contributed by atoms with Crippen molar-refractivity contribution in [2.45, 2.75) is 45.6 Å². The summed E-state index contributed by atoms with van der Waals surface area (Å²) < 4.78 is 5.20. The topological polar surface area (TPSA) is 85.0 Å². The zero-order valence-electron chi connectivity index (χ0n) is 15.4. The van der Waals surface area contributed by atoms with Crippen molar-refractivity contribution in [2.24, 2.45) is 0 Å². The molecular formula is C19H21N5O2S. The summed E-state index contributed by atoms with van der Waals surface area (Å²) in [5, 5.41) is 5.78. The fourth-order valence-corrected chi connectivity index (χ4v) is 4.17. The monoisotopic (exact) mass is 383 g/mol. The molecule has 0 radical (unpaired) electrons. The first-order valence-electron chi connectivity index (χ1n) is 9.07. The smallest absolute Gasteiger partial charge is 0.273 e. The second-order valence-electron chi connectivity index (χ2n) is 6.80. The van der Waals surface area contributed by atoms with Gasteiger partial charge >= 0.3 is 0 Å².